The van der Waals surface area contributed by atoms with Crippen LogP contribution in [-0.4, -0.2) is 0 Å². The van der Waals surface area contributed by atoms with Crippen LogP contribution in [0.1, 0.15) is 25.7 Å². The SMILES string of the molecule is C1=CC2=CCC=CC2=CC1.C1=CC2=CCC=CC2=CC1. The molecule has 0 unspecified atom stereocenters. The molecule has 0 nitrogen and oxygen atoms in total. The maximum atomic E-state index is 2.27. The van der Waals surface area contributed by atoms with Gasteiger partial charge in [-0.3, -0.25) is 0 Å². The van der Waals surface area contributed by atoms with Gasteiger partial charge >= 0.3 is 0 Å². The molecule has 0 radical (unpaired) electrons. The zero-order valence-electron chi connectivity index (χ0n) is 11.8. The second-order valence-corrected chi connectivity index (χ2v) is 5.19. The first kappa shape index (κ1) is 12.9. The fraction of sp³-hybridized carbons (Fsp3) is 0.200. The molecule has 0 bridgehead atoms. The fourth-order valence-corrected chi connectivity index (χ4v) is 2.69. The van der Waals surface area contributed by atoms with Crippen LogP contribution in [0.2, 0.25) is 0 Å². The summed E-state index contributed by atoms with van der Waals surface area (Å²) < 4.78 is 0. The molecular formula is C20H20. The minimum Gasteiger partial charge on any atom is -0.0801 e. The van der Waals surface area contributed by atoms with Crippen molar-refractivity contribution in [3.63, 3.8) is 0 Å². The van der Waals surface area contributed by atoms with E-state index in [-0.39, 0.29) is 0 Å². The normalized spacial score (nSPS) is 21.6. The van der Waals surface area contributed by atoms with Crippen molar-refractivity contribution in [1.82, 2.24) is 0 Å². The molecule has 4 aliphatic rings. The van der Waals surface area contributed by atoms with Crippen LogP contribution in [-0.2, 0) is 0 Å². The van der Waals surface area contributed by atoms with Crippen molar-refractivity contribution in [3.05, 3.63) is 95.2 Å². The average Bonchev–Trinajstić information content (AvgIpc) is 2.56. The molecule has 0 fully saturated rings. The van der Waals surface area contributed by atoms with E-state index in [0.29, 0.717) is 0 Å². The van der Waals surface area contributed by atoms with Crippen molar-refractivity contribution < 1.29 is 0 Å². The first-order chi connectivity index (χ1) is 9.93. The van der Waals surface area contributed by atoms with Crippen molar-refractivity contribution in [2.24, 2.45) is 0 Å². The molecular weight excluding hydrogens is 240 g/mol. The van der Waals surface area contributed by atoms with Crippen LogP contribution < -0.4 is 0 Å². The zero-order chi connectivity index (χ0) is 13.6. The molecule has 0 aliphatic heterocycles. The molecule has 100 valence electrons. The topological polar surface area (TPSA) is 0 Å². The predicted octanol–water partition coefficient (Wildman–Crippen LogP) is 5.52. The first-order valence-corrected chi connectivity index (χ1v) is 7.41. The molecule has 4 aliphatic carbocycles. The van der Waals surface area contributed by atoms with Crippen LogP contribution in [0, 0.1) is 0 Å². The molecule has 0 aromatic rings. The smallest absolute Gasteiger partial charge is 0.0157 e. The molecule has 0 saturated carbocycles. The highest BCUT2D eigenvalue weighted by Gasteiger charge is 2.04. The molecule has 0 saturated heterocycles. The lowest BCUT2D eigenvalue weighted by atomic mass is 9.95. The molecule has 0 heterocycles. The summed E-state index contributed by atoms with van der Waals surface area (Å²) in [4.78, 5) is 0. The third-order valence-corrected chi connectivity index (χ3v) is 3.75. The molecule has 0 aromatic heterocycles. The summed E-state index contributed by atoms with van der Waals surface area (Å²) in [5.41, 5.74) is 5.59. The molecule has 4 rings (SSSR count). The van der Waals surface area contributed by atoms with Gasteiger partial charge in [0.05, 0.1) is 0 Å². The standard InChI is InChI=1S/2C10H10/c2*1-2-6-10-8-4-3-7-9(10)5-1/h2*1,4-8H,2-3H2. The minimum atomic E-state index is 1.09. The van der Waals surface area contributed by atoms with Crippen molar-refractivity contribution >= 4 is 0 Å². The highest BCUT2D eigenvalue weighted by atomic mass is 14.1. The van der Waals surface area contributed by atoms with Crippen LogP contribution in [0.15, 0.2) is 95.2 Å². The van der Waals surface area contributed by atoms with E-state index in [1.54, 1.807) is 0 Å². The van der Waals surface area contributed by atoms with E-state index in [4.69, 9.17) is 0 Å². The summed E-state index contributed by atoms with van der Waals surface area (Å²) in [5.74, 6) is 0. The molecule has 0 spiro atoms. The quantitative estimate of drug-likeness (QED) is 0.538. The van der Waals surface area contributed by atoms with E-state index in [1.165, 1.54) is 22.3 Å². The van der Waals surface area contributed by atoms with Gasteiger partial charge in [0.25, 0.3) is 0 Å². The lowest BCUT2D eigenvalue weighted by Gasteiger charge is -2.11. The van der Waals surface area contributed by atoms with Gasteiger partial charge in [-0.15, -0.1) is 0 Å². The van der Waals surface area contributed by atoms with Gasteiger partial charge in [0, 0.05) is 0 Å². The van der Waals surface area contributed by atoms with Crippen LogP contribution in [0.5, 0.6) is 0 Å². The Morgan fingerprint density at radius 2 is 0.650 bits per heavy atom. The number of allylic oxidation sites excluding steroid dienone is 16. The fourth-order valence-electron chi connectivity index (χ4n) is 2.69. The summed E-state index contributed by atoms with van der Waals surface area (Å²) in [6.45, 7) is 0. The number of rotatable bonds is 0. The highest BCUT2D eigenvalue weighted by molar-refractivity contribution is 5.52. The summed E-state index contributed by atoms with van der Waals surface area (Å²) >= 11 is 0. The Hall–Kier alpha value is -2.08. The number of hydrogen-bond donors (Lipinski definition) is 0. The summed E-state index contributed by atoms with van der Waals surface area (Å²) in [7, 11) is 0. The second-order valence-electron chi connectivity index (χ2n) is 5.19. The number of hydrogen-bond acceptors (Lipinski definition) is 0. The maximum Gasteiger partial charge on any atom is -0.0157 e. The Balaban J connectivity index is 0.000000121. The Morgan fingerprint density at radius 1 is 0.400 bits per heavy atom. The average molecular weight is 260 g/mol. The van der Waals surface area contributed by atoms with Crippen molar-refractivity contribution in [1.29, 1.82) is 0 Å². The van der Waals surface area contributed by atoms with Crippen molar-refractivity contribution in [2.75, 3.05) is 0 Å². The Labute approximate surface area is 121 Å². The Bertz CT molecular complexity index is 498. The van der Waals surface area contributed by atoms with E-state index < -0.39 is 0 Å². The van der Waals surface area contributed by atoms with Crippen LogP contribution in [0.4, 0.5) is 0 Å². The van der Waals surface area contributed by atoms with E-state index >= 15 is 0 Å². The minimum absolute atomic E-state index is 1.09. The molecule has 0 N–H and O–H groups in total. The van der Waals surface area contributed by atoms with Crippen LogP contribution >= 0.6 is 0 Å². The van der Waals surface area contributed by atoms with E-state index in [9.17, 15) is 0 Å². The summed E-state index contributed by atoms with van der Waals surface area (Å²) in [6.07, 6.45) is 31.1. The van der Waals surface area contributed by atoms with Gasteiger partial charge in [-0.1, -0.05) is 72.9 Å². The van der Waals surface area contributed by atoms with Crippen LogP contribution in [0.25, 0.3) is 0 Å². The van der Waals surface area contributed by atoms with Crippen LogP contribution in [0.3, 0.4) is 0 Å². The number of fused-ring (bicyclic) bond motifs is 2. The molecule has 0 amide bonds. The summed E-state index contributed by atoms with van der Waals surface area (Å²) in [6, 6.07) is 0. The van der Waals surface area contributed by atoms with Gasteiger partial charge in [0.1, 0.15) is 0 Å². The predicted molar refractivity (Wildman–Crippen MR) is 87.4 cm³/mol. The largest absolute Gasteiger partial charge is 0.0801 e. The third-order valence-electron chi connectivity index (χ3n) is 3.75. The Kier molecular flexibility index (Phi) is 4.13. The van der Waals surface area contributed by atoms with Gasteiger partial charge < -0.3 is 0 Å². The van der Waals surface area contributed by atoms with Gasteiger partial charge in [-0.25, -0.2) is 0 Å². The first-order valence-electron chi connectivity index (χ1n) is 7.41. The molecule has 0 heteroatoms. The van der Waals surface area contributed by atoms with E-state index in [2.05, 4.69) is 72.9 Å². The van der Waals surface area contributed by atoms with E-state index in [1.807, 2.05) is 0 Å². The van der Waals surface area contributed by atoms with Gasteiger partial charge in [-0.05, 0) is 48.0 Å². The van der Waals surface area contributed by atoms with Gasteiger partial charge in [0.15, 0.2) is 0 Å². The lowest BCUT2D eigenvalue weighted by Crippen LogP contribution is -1.91. The molecule has 0 aromatic carbocycles. The van der Waals surface area contributed by atoms with E-state index in [0.717, 1.165) is 25.7 Å². The monoisotopic (exact) mass is 260 g/mol. The molecule has 0 atom stereocenters. The third kappa shape index (κ3) is 3.08. The van der Waals surface area contributed by atoms with Gasteiger partial charge in [-0.2, -0.15) is 0 Å². The molecule has 20 heavy (non-hydrogen) atoms. The van der Waals surface area contributed by atoms with Crippen molar-refractivity contribution in [2.45, 2.75) is 25.7 Å². The van der Waals surface area contributed by atoms with Gasteiger partial charge in [0.2, 0.25) is 0 Å². The maximum absolute atomic E-state index is 2.27. The second kappa shape index (κ2) is 6.38. The lowest BCUT2D eigenvalue weighted by molar-refractivity contribution is 1.23. The Morgan fingerprint density at radius 3 is 0.900 bits per heavy atom. The zero-order valence-corrected chi connectivity index (χ0v) is 11.8. The summed E-state index contributed by atoms with van der Waals surface area (Å²) in [5, 5.41) is 0. The van der Waals surface area contributed by atoms with Crippen molar-refractivity contribution in [3.8, 4) is 0 Å². The highest BCUT2D eigenvalue weighted by Crippen LogP contribution is 2.23.